The average Bonchev–Trinajstić information content (AvgIpc) is 2.72. The van der Waals surface area contributed by atoms with Gasteiger partial charge in [-0.2, -0.15) is 35.1 Å². The van der Waals surface area contributed by atoms with Crippen LogP contribution in [-0.2, 0) is 0 Å². The highest BCUT2D eigenvalue weighted by Crippen LogP contribution is 2.79. The number of rotatable bonds is 4. The van der Waals surface area contributed by atoms with Crippen LogP contribution in [0.2, 0.25) is 0 Å². The summed E-state index contributed by atoms with van der Waals surface area (Å²) < 4.78 is 206. The van der Waals surface area contributed by atoms with E-state index in [4.69, 9.17) is 20.4 Å². The summed E-state index contributed by atoms with van der Waals surface area (Å²) in [7, 11) is 0. The second-order valence-corrected chi connectivity index (χ2v) is 7.45. The van der Waals surface area contributed by atoms with Crippen molar-refractivity contribution < 1.29 is 81.9 Å². The monoisotopic (exact) mass is 510 g/mol. The van der Waals surface area contributed by atoms with E-state index in [1.54, 1.807) is 0 Å². The van der Waals surface area contributed by atoms with Crippen molar-refractivity contribution >= 4 is 0 Å². The molecule has 2 aliphatic rings. The normalized spacial score (nSPS) is 51.2. The standard InChI is InChI=1S/C14H12F14O4/c15-5(1-29)9(19)6(16,2-30)13(25,26)14(27,28)8(18,4-32)10(9,20)7(17,3-31)12(23,24)11(5,21)22/h29-32H,1-4H2. The van der Waals surface area contributed by atoms with Gasteiger partial charge >= 0.3 is 23.7 Å². The minimum atomic E-state index is -7.37. The van der Waals surface area contributed by atoms with E-state index in [9.17, 15) is 35.1 Å². The minimum absolute atomic E-state index is 3.70. The molecule has 2 aliphatic carbocycles. The lowest BCUT2D eigenvalue weighted by Gasteiger charge is -2.70. The lowest BCUT2D eigenvalue weighted by atomic mass is 9.42. The van der Waals surface area contributed by atoms with Crippen LogP contribution in [-0.4, -0.2) is 105 Å². The number of fused-ring (bicyclic) bond motifs is 1. The van der Waals surface area contributed by atoms with Gasteiger partial charge in [-0.1, -0.05) is 0 Å². The molecule has 0 radical (unpaired) electrons. The van der Waals surface area contributed by atoms with Gasteiger partial charge in [0.2, 0.25) is 34.0 Å². The molecule has 4 nitrogen and oxygen atoms in total. The van der Waals surface area contributed by atoms with E-state index in [1.807, 2.05) is 0 Å². The molecule has 0 amide bonds. The highest BCUT2D eigenvalue weighted by atomic mass is 19.3. The summed E-state index contributed by atoms with van der Waals surface area (Å²) in [6, 6.07) is 0. The van der Waals surface area contributed by atoms with E-state index in [-0.39, 0.29) is 0 Å². The molecule has 4 atom stereocenters. The predicted molar refractivity (Wildman–Crippen MR) is 71.2 cm³/mol. The Morgan fingerprint density at radius 3 is 0.531 bits per heavy atom. The van der Waals surface area contributed by atoms with Gasteiger partial charge in [0.15, 0.2) is 0 Å². The smallest absolute Gasteiger partial charge is 0.352 e. The van der Waals surface area contributed by atoms with Crippen LogP contribution in [0.25, 0.3) is 0 Å². The molecule has 0 aromatic rings. The van der Waals surface area contributed by atoms with E-state index in [0.29, 0.717) is 0 Å². The van der Waals surface area contributed by atoms with Crippen LogP contribution in [0.4, 0.5) is 61.5 Å². The van der Waals surface area contributed by atoms with Gasteiger partial charge in [-0.25, -0.2) is 26.3 Å². The van der Waals surface area contributed by atoms with E-state index in [0.717, 1.165) is 0 Å². The first-order chi connectivity index (χ1) is 14.0. The number of hydrogen-bond acceptors (Lipinski definition) is 4. The summed E-state index contributed by atoms with van der Waals surface area (Å²) in [5.41, 5.74) is -42.4. The van der Waals surface area contributed by atoms with Crippen LogP contribution in [0.1, 0.15) is 0 Å². The van der Waals surface area contributed by atoms with Crippen molar-refractivity contribution in [1.29, 1.82) is 0 Å². The molecule has 190 valence electrons. The van der Waals surface area contributed by atoms with Crippen LogP contribution in [0.5, 0.6) is 0 Å². The lowest BCUT2D eigenvalue weighted by molar-refractivity contribution is -0.509. The largest absolute Gasteiger partial charge is 0.393 e. The van der Waals surface area contributed by atoms with Crippen molar-refractivity contribution in [3.05, 3.63) is 0 Å². The summed E-state index contributed by atoms with van der Waals surface area (Å²) in [4.78, 5) is 0. The van der Waals surface area contributed by atoms with E-state index in [2.05, 4.69) is 0 Å². The molecular formula is C14H12F14O4. The zero-order chi connectivity index (χ0) is 25.8. The number of halogens is 14. The van der Waals surface area contributed by atoms with Crippen LogP contribution >= 0.6 is 0 Å². The maximum atomic E-state index is 15.8. The zero-order valence-electron chi connectivity index (χ0n) is 14.9. The SMILES string of the molecule is OCC1(F)C(F)(F)C(F)(F)C(F)(CO)C2(F)C(F)(CO)C(F)(F)C(F)(F)C(F)(CO)C12F. The Bertz CT molecular complexity index is 673. The second-order valence-electron chi connectivity index (χ2n) is 7.45. The third kappa shape index (κ3) is 1.86. The molecule has 4 unspecified atom stereocenters. The van der Waals surface area contributed by atoms with E-state index < -0.39 is 84.1 Å². The Morgan fingerprint density at radius 1 is 0.312 bits per heavy atom. The topological polar surface area (TPSA) is 80.9 Å². The lowest BCUT2D eigenvalue weighted by Crippen LogP contribution is -3.02. The van der Waals surface area contributed by atoms with Crippen LogP contribution in [0, 0.1) is 0 Å². The Morgan fingerprint density at radius 2 is 0.438 bits per heavy atom. The fraction of sp³-hybridized carbons (Fsp3) is 1.00. The molecule has 0 spiro atoms. The molecule has 0 bridgehead atoms. The molecule has 4 N–H and O–H groups in total. The fourth-order valence-electron chi connectivity index (χ4n) is 4.41. The summed E-state index contributed by atoms with van der Waals surface area (Å²) in [5, 5.41) is 35.2. The number of hydrogen-bond donors (Lipinski definition) is 4. The van der Waals surface area contributed by atoms with Gasteiger partial charge in [-0.15, -0.1) is 0 Å². The van der Waals surface area contributed by atoms with Crippen molar-refractivity contribution in [2.75, 3.05) is 26.4 Å². The molecule has 0 heterocycles. The summed E-state index contributed by atoms with van der Waals surface area (Å²) in [6.45, 7) is -14.8. The predicted octanol–water partition coefficient (Wildman–Crippen LogP) is 1.77. The Balaban J connectivity index is 3.39. The van der Waals surface area contributed by atoms with Crippen LogP contribution < -0.4 is 0 Å². The first kappa shape index (κ1) is 27.1. The van der Waals surface area contributed by atoms with Crippen molar-refractivity contribution in [3.63, 3.8) is 0 Å². The second kappa shape index (κ2) is 6.29. The summed E-state index contributed by atoms with van der Waals surface area (Å²) >= 11 is 0. The maximum Gasteiger partial charge on any atom is 0.352 e. The van der Waals surface area contributed by atoms with Gasteiger partial charge in [0.25, 0.3) is 0 Å². The first-order valence-corrected chi connectivity index (χ1v) is 8.07. The molecule has 32 heavy (non-hydrogen) atoms. The third-order valence-corrected chi connectivity index (χ3v) is 6.31. The molecule has 18 heteroatoms. The molecule has 2 rings (SSSR count). The van der Waals surface area contributed by atoms with Crippen LogP contribution in [0.15, 0.2) is 0 Å². The van der Waals surface area contributed by atoms with Gasteiger partial charge in [-0.3, -0.25) is 0 Å². The molecule has 0 aromatic heterocycles. The van der Waals surface area contributed by atoms with Crippen LogP contribution in [0.3, 0.4) is 0 Å². The summed E-state index contributed by atoms with van der Waals surface area (Å²) in [5.74, 6) is -29.5. The highest BCUT2D eigenvalue weighted by Gasteiger charge is 3.11. The summed E-state index contributed by atoms with van der Waals surface area (Å²) in [6.07, 6.45) is 0. The Labute approximate surface area is 167 Å². The molecule has 0 saturated heterocycles. The fourth-order valence-corrected chi connectivity index (χ4v) is 4.41. The van der Waals surface area contributed by atoms with Gasteiger partial charge in [-0.05, 0) is 0 Å². The Kier molecular flexibility index (Phi) is 5.33. The number of aliphatic hydroxyl groups is 4. The van der Waals surface area contributed by atoms with Gasteiger partial charge in [0, 0.05) is 0 Å². The highest BCUT2D eigenvalue weighted by molar-refractivity contribution is 5.48. The van der Waals surface area contributed by atoms with E-state index in [1.165, 1.54) is 0 Å². The van der Waals surface area contributed by atoms with Crippen molar-refractivity contribution in [3.8, 4) is 0 Å². The molecule has 2 fully saturated rings. The minimum Gasteiger partial charge on any atom is -0.393 e. The van der Waals surface area contributed by atoms with Crippen molar-refractivity contribution in [2.24, 2.45) is 0 Å². The average molecular weight is 510 g/mol. The zero-order valence-corrected chi connectivity index (χ0v) is 14.9. The quantitative estimate of drug-likeness (QED) is 0.435. The van der Waals surface area contributed by atoms with Crippen molar-refractivity contribution in [2.45, 2.75) is 57.7 Å². The molecule has 0 aliphatic heterocycles. The van der Waals surface area contributed by atoms with E-state index >= 15 is 26.3 Å². The molecule has 0 aromatic carbocycles. The number of aliphatic hydroxyl groups excluding tert-OH is 4. The maximum absolute atomic E-state index is 15.8. The molecular weight excluding hydrogens is 498 g/mol. The van der Waals surface area contributed by atoms with Gasteiger partial charge < -0.3 is 20.4 Å². The van der Waals surface area contributed by atoms with Gasteiger partial charge in [0.1, 0.15) is 0 Å². The van der Waals surface area contributed by atoms with Gasteiger partial charge in [0.05, 0.1) is 26.4 Å². The molecule has 2 saturated carbocycles. The van der Waals surface area contributed by atoms with Crippen molar-refractivity contribution in [1.82, 2.24) is 0 Å². The third-order valence-electron chi connectivity index (χ3n) is 6.31. The first-order valence-electron chi connectivity index (χ1n) is 8.07. The Hall–Kier alpha value is -1.14. The number of alkyl halides is 14.